The quantitative estimate of drug-likeness (QED) is 0.0342. The molecule has 6 amide bonds. The first kappa shape index (κ1) is 72.2. The molecule has 1 aromatic carbocycles. The molecule has 0 unspecified atom stereocenters. The first-order valence-corrected chi connectivity index (χ1v) is 35.7. The van der Waals surface area contributed by atoms with E-state index in [1.807, 2.05) is 0 Å². The number of ether oxygens (including phenoxy) is 6. The number of carbonyl (C=O) groups excluding carboxylic acids is 8. The molecule has 0 radical (unpaired) electrons. The van der Waals surface area contributed by atoms with Gasteiger partial charge in [0, 0.05) is 49.8 Å². The molecule has 102 heavy (non-hydrogen) atoms. The molecule has 8 aromatic rings. The lowest BCUT2D eigenvalue weighted by molar-refractivity contribution is -0.280. The number of nitrogens with two attached hydrogens (primary N) is 2. The maximum absolute atomic E-state index is 15.5. The number of esters is 2. The Hall–Kier alpha value is -9.58. The molecule has 7 aromatic heterocycles. The van der Waals surface area contributed by atoms with Crippen molar-refractivity contribution in [2.45, 2.75) is 114 Å². The largest absolute Gasteiger partial charge is 0.506 e. The number of nitrogens with zero attached hydrogens (tertiary/aromatic N) is 8. The van der Waals surface area contributed by atoms with Crippen LogP contribution in [0, 0.1) is 0 Å². The van der Waals surface area contributed by atoms with Crippen molar-refractivity contribution in [3.05, 3.63) is 124 Å². The molecular formula is C64H67N15O18S5. The van der Waals surface area contributed by atoms with E-state index in [2.05, 4.69) is 48.1 Å². The summed E-state index contributed by atoms with van der Waals surface area (Å²) in [6, 6.07) is 1.04. The number of benzene rings is 1. The molecule has 33 nitrogen and oxygen atoms in total. The molecule has 10 atom stereocenters. The number of allylic oxidation sites excluding steroid dienone is 1. The van der Waals surface area contributed by atoms with Gasteiger partial charge in [-0.25, -0.2) is 39.5 Å². The zero-order valence-corrected chi connectivity index (χ0v) is 59.4. The number of cyclic esters (lactones) is 2. The highest BCUT2D eigenvalue weighted by Gasteiger charge is 2.50. The molecule has 1 fully saturated rings. The van der Waals surface area contributed by atoms with E-state index in [0.717, 1.165) is 56.7 Å². The van der Waals surface area contributed by atoms with E-state index in [-0.39, 0.29) is 113 Å². The van der Waals surface area contributed by atoms with E-state index in [9.17, 15) is 34.5 Å². The normalized spacial score (nSPS) is 23.5. The average Bonchev–Trinajstić information content (AvgIpc) is 1.58. The Kier molecular flexibility index (Phi) is 21.1. The summed E-state index contributed by atoms with van der Waals surface area (Å²) in [5.74, 6) is -8.05. The molecule has 4 aliphatic rings. The Balaban J connectivity index is 1.06. The van der Waals surface area contributed by atoms with Crippen molar-refractivity contribution >= 4 is 121 Å². The van der Waals surface area contributed by atoms with Crippen molar-refractivity contribution in [3.63, 3.8) is 0 Å². The minimum atomic E-state index is -1.90. The number of amides is 6. The van der Waals surface area contributed by atoms with E-state index >= 15 is 19.2 Å². The number of aromatic nitrogens is 7. The summed E-state index contributed by atoms with van der Waals surface area (Å²) in [5.41, 5.74) is 8.82. The smallest absolute Gasteiger partial charge is 0.358 e. The molecule has 38 heteroatoms. The molecule has 0 aliphatic carbocycles. The van der Waals surface area contributed by atoms with Crippen LogP contribution in [0.25, 0.3) is 49.3 Å². The highest BCUT2D eigenvalue weighted by Crippen LogP contribution is 2.43. The summed E-state index contributed by atoms with van der Waals surface area (Å²) in [5, 5.41) is 55.8. The zero-order valence-electron chi connectivity index (χ0n) is 55.3. The number of hydrogen-bond donors (Lipinski definition) is 10. The number of fused-ring (bicyclic) bond motifs is 15. The Bertz CT molecular complexity index is 4690. The number of aliphatic hydroxyl groups excluding tert-OH is 1. The van der Waals surface area contributed by atoms with Crippen LogP contribution in [0.3, 0.4) is 0 Å². The predicted octanol–water partition coefficient (Wildman–Crippen LogP) is 3.43. The molecule has 536 valence electrons. The number of hydrogen-bond acceptors (Lipinski definition) is 31. The number of aromatic hydroxyl groups is 1. The van der Waals surface area contributed by atoms with Crippen LogP contribution in [0.4, 0.5) is 0 Å². The second kappa shape index (κ2) is 29.8. The van der Waals surface area contributed by atoms with Gasteiger partial charge in [0.25, 0.3) is 29.5 Å². The van der Waals surface area contributed by atoms with Crippen LogP contribution in [0.15, 0.2) is 69.2 Å². The minimum absolute atomic E-state index is 0.00509. The van der Waals surface area contributed by atoms with Crippen molar-refractivity contribution < 1.29 is 86.9 Å². The van der Waals surface area contributed by atoms with E-state index in [1.165, 1.54) is 53.3 Å². The Labute approximate surface area is 599 Å². The molecule has 0 spiro atoms. The average molecular weight is 1490 g/mol. The van der Waals surface area contributed by atoms with Crippen LogP contribution in [0.1, 0.15) is 131 Å². The third-order valence-electron chi connectivity index (χ3n) is 16.9. The highest BCUT2D eigenvalue weighted by molar-refractivity contribution is 7.14. The molecule has 12 N–H and O–H groups in total. The van der Waals surface area contributed by atoms with Gasteiger partial charge >= 0.3 is 11.9 Å². The number of methoxy groups -OCH3 is 1. The molecule has 12 bridgehead atoms. The molecular weight excluding hydrogens is 1430 g/mol. The number of thiazole rings is 5. The fraction of sp³-hybridized carbons (Fsp3) is 0.375. The van der Waals surface area contributed by atoms with E-state index in [4.69, 9.17) is 59.7 Å². The molecule has 4 aliphatic heterocycles. The van der Waals surface area contributed by atoms with Gasteiger partial charge in [0.2, 0.25) is 5.91 Å². The predicted molar refractivity (Wildman–Crippen MR) is 368 cm³/mol. The van der Waals surface area contributed by atoms with Crippen molar-refractivity contribution in [1.82, 2.24) is 66.1 Å². The Morgan fingerprint density at radius 3 is 2.26 bits per heavy atom. The zero-order chi connectivity index (χ0) is 72.7. The van der Waals surface area contributed by atoms with Gasteiger partial charge in [-0.15, -0.1) is 56.7 Å². The number of pyridine rings is 1. The second-order valence-corrected chi connectivity index (χ2v) is 28.6. The van der Waals surface area contributed by atoms with Crippen LogP contribution in [0.5, 0.6) is 5.75 Å². The lowest BCUT2D eigenvalue weighted by atomic mass is 9.85. The maximum Gasteiger partial charge on any atom is 0.358 e. The number of aliphatic hydroxyl groups is 2. The number of rotatable bonds is 13. The van der Waals surface area contributed by atoms with Gasteiger partial charge in [-0.2, -0.15) is 4.73 Å². The summed E-state index contributed by atoms with van der Waals surface area (Å²) in [6.07, 6.45) is -7.18. The summed E-state index contributed by atoms with van der Waals surface area (Å²) in [7, 11) is 4.86. The van der Waals surface area contributed by atoms with Gasteiger partial charge in [0.15, 0.2) is 18.1 Å². The lowest BCUT2D eigenvalue weighted by Gasteiger charge is -2.48. The van der Waals surface area contributed by atoms with Gasteiger partial charge in [-0.05, 0) is 72.5 Å². The third-order valence-corrected chi connectivity index (χ3v) is 21.3. The summed E-state index contributed by atoms with van der Waals surface area (Å²) < 4.78 is 39.5. The highest BCUT2D eigenvalue weighted by atomic mass is 32.1. The second-order valence-electron chi connectivity index (χ2n) is 24.3. The number of likely N-dealkylation sites (N-methyl/N-ethyl adjacent to an activating group) is 1. The molecule has 12 rings (SSSR count). The monoisotopic (exact) mass is 1490 g/mol. The van der Waals surface area contributed by atoms with Crippen LogP contribution in [-0.4, -0.2) is 192 Å². The van der Waals surface area contributed by atoms with Gasteiger partial charge in [0.1, 0.15) is 126 Å². The lowest BCUT2D eigenvalue weighted by Crippen LogP contribution is -2.62. The standard InChI is InChI=1S/C64H67N15O18S5/c1-25(51(66)82)67-52(83)34-22-101-60(72-34)45-39(81)15-30-44(74-45)33-20-99-58(69-33)32-19-94-62(88)47-31-18-92-48(49(97-40-16-64(5,90)50(78(6)7)28(4)96-40)63(89)93-17-29-11-9-12-38(41(29)31)79(47)95-14-10-13-65)46(61-73-35(23-102-61)53(84)68-32)77-55(86)37-24-100-59(71-37)43(27(3)91-8)76-56(87)42(26(2)80)75-54(85)36-21-98-57(30)70-36/h9,11-12,15,20-24,26,28,32,40,42,46,48-50,80-81,90H,1,10,13-14,16-19,65H2,2-8H3,(H2,66,82)(H,67,83)(H,68,84)(H,75,85)(H,76,87)(H,77,86)/b43-27+/t26-,28+,32+,40+,42+,46+,48+,49+,50-,64+/m1/s1. The first-order valence-electron chi connectivity index (χ1n) is 31.3. The van der Waals surface area contributed by atoms with Gasteiger partial charge < -0.3 is 91.5 Å². The van der Waals surface area contributed by atoms with E-state index < -0.39 is 139 Å². The topological polar surface area (TPSA) is 460 Å². The number of carbonyl (C=O) groups is 8. The van der Waals surface area contributed by atoms with Gasteiger partial charge in [-0.3, -0.25) is 28.8 Å². The van der Waals surface area contributed by atoms with Crippen molar-refractivity contribution in [1.29, 1.82) is 0 Å². The SMILES string of the molecule is C=C(NC(=O)c1csc(-c2nc3c(cc2O)-c2nc(cs2)C(=O)N[C@@H]([C@@H](C)O)C(=O)N/C(=C(\C)OC)c2nc(cs2)C(=O)N[C@@H]2c4nc(cs4)C(=O)N[C@@H](COC(=O)c4c5c6c(cccc6n4OCCCN)COC(=O)[C@@H](O[C@H]4C[C@](C)(O)[C@H](N(C)C)[C@H](C)O4)[C@H]2OC5)c2nc-3cs2)n1)C(N)=O. The summed E-state index contributed by atoms with van der Waals surface area (Å²) >= 11 is 4.54. The number of primary amides is 1. The summed E-state index contributed by atoms with van der Waals surface area (Å²) in [6.45, 7) is 8.06. The first-order chi connectivity index (χ1) is 48.7. The fourth-order valence-corrected chi connectivity index (χ4v) is 16.3. The third kappa shape index (κ3) is 14.6. The van der Waals surface area contributed by atoms with Gasteiger partial charge in [-0.1, -0.05) is 18.7 Å². The van der Waals surface area contributed by atoms with Crippen molar-refractivity contribution in [3.8, 4) is 38.4 Å². The van der Waals surface area contributed by atoms with E-state index in [0.29, 0.717) is 22.9 Å². The fourth-order valence-electron chi connectivity index (χ4n) is 12.1. The Morgan fingerprint density at radius 1 is 0.873 bits per heavy atom. The minimum Gasteiger partial charge on any atom is -0.506 e. The molecule has 11 heterocycles. The van der Waals surface area contributed by atoms with Crippen molar-refractivity contribution in [2.75, 3.05) is 41.0 Å². The van der Waals surface area contributed by atoms with Crippen LogP contribution in [0.2, 0.25) is 0 Å². The van der Waals surface area contributed by atoms with E-state index in [1.54, 1.807) is 56.4 Å². The van der Waals surface area contributed by atoms with Crippen LogP contribution in [-0.2, 0) is 56.0 Å². The number of nitrogens with one attached hydrogen (secondary N) is 5. The van der Waals surface area contributed by atoms with Crippen molar-refractivity contribution in [2.24, 2.45) is 11.5 Å². The van der Waals surface area contributed by atoms with Crippen LogP contribution < -0.4 is 42.9 Å². The van der Waals surface area contributed by atoms with Crippen LogP contribution >= 0.6 is 56.7 Å². The summed E-state index contributed by atoms with van der Waals surface area (Å²) in [4.78, 5) is 151. The molecule has 0 saturated carbocycles. The molecule has 1 saturated heterocycles. The van der Waals surface area contributed by atoms with Gasteiger partial charge in [0.05, 0.1) is 48.8 Å². The maximum atomic E-state index is 15.5. The Morgan fingerprint density at radius 2 is 1.55 bits per heavy atom.